The highest BCUT2D eigenvalue weighted by Crippen LogP contribution is 2.08. The Morgan fingerprint density at radius 2 is 2.29 bits per heavy atom. The van der Waals surface area contributed by atoms with E-state index in [1.165, 1.54) is 16.2 Å². The van der Waals surface area contributed by atoms with E-state index in [1.807, 2.05) is 5.38 Å². The maximum absolute atomic E-state index is 11.8. The van der Waals surface area contributed by atoms with Crippen LogP contribution in [0.2, 0.25) is 0 Å². The molecule has 0 spiro atoms. The van der Waals surface area contributed by atoms with E-state index in [0.717, 1.165) is 0 Å². The van der Waals surface area contributed by atoms with Crippen molar-refractivity contribution in [3.63, 3.8) is 0 Å². The number of carbonyl (C=O) groups is 2. The minimum Gasteiger partial charge on any atom is -0.383 e. The van der Waals surface area contributed by atoms with Gasteiger partial charge < -0.3 is 15.0 Å². The van der Waals surface area contributed by atoms with Crippen LogP contribution in [-0.2, 0) is 9.53 Å². The van der Waals surface area contributed by atoms with Gasteiger partial charge in [-0.25, -0.2) is 0 Å². The first-order valence-corrected chi connectivity index (χ1v) is 6.12. The largest absolute Gasteiger partial charge is 0.383 e. The summed E-state index contributed by atoms with van der Waals surface area (Å²) in [7, 11) is 3.17. The van der Waals surface area contributed by atoms with E-state index in [2.05, 4.69) is 5.32 Å². The number of thiophene rings is 1. The Morgan fingerprint density at radius 1 is 1.53 bits per heavy atom. The third kappa shape index (κ3) is 4.54. The Labute approximate surface area is 104 Å². The van der Waals surface area contributed by atoms with E-state index in [1.54, 1.807) is 25.6 Å². The molecule has 0 bridgehead atoms. The minimum atomic E-state index is -0.187. The lowest BCUT2D eigenvalue weighted by molar-refractivity contribution is -0.121. The molecule has 0 unspecified atom stereocenters. The highest BCUT2D eigenvalue weighted by atomic mass is 32.1. The molecule has 1 heterocycles. The van der Waals surface area contributed by atoms with Crippen molar-refractivity contribution in [2.75, 3.05) is 33.9 Å². The number of likely N-dealkylation sites (N-methyl/N-ethyl adjacent to an activating group) is 1. The van der Waals surface area contributed by atoms with Crippen molar-refractivity contribution in [2.24, 2.45) is 0 Å². The second kappa shape index (κ2) is 7.03. The van der Waals surface area contributed by atoms with Crippen molar-refractivity contribution in [3.05, 3.63) is 22.4 Å². The molecular formula is C11H16N2O3S. The second-order valence-electron chi connectivity index (χ2n) is 3.52. The summed E-state index contributed by atoms with van der Waals surface area (Å²) in [5.41, 5.74) is 0.613. The van der Waals surface area contributed by atoms with Gasteiger partial charge in [-0.05, 0) is 11.4 Å². The molecule has 1 rings (SSSR count). The number of hydrogen-bond acceptors (Lipinski definition) is 4. The van der Waals surface area contributed by atoms with Crippen LogP contribution in [0.4, 0.5) is 0 Å². The number of carbonyl (C=O) groups excluding carboxylic acids is 2. The molecular weight excluding hydrogens is 240 g/mol. The van der Waals surface area contributed by atoms with Crippen molar-refractivity contribution in [2.45, 2.75) is 0 Å². The van der Waals surface area contributed by atoms with Gasteiger partial charge in [0.2, 0.25) is 5.91 Å². The van der Waals surface area contributed by atoms with Gasteiger partial charge in [0.25, 0.3) is 5.91 Å². The SMILES string of the molecule is COCCNC(=O)CN(C)C(=O)c1ccsc1. The Kier molecular flexibility index (Phi) is 5.65. The Bertz CT molecular complexity index is 365. The quantitative estimate of drug-likeness (QED) is 0.758. The predicted octanol–water partition coefficient (Wildman–Crippen LogP) is 0.583. The molecule has 0 saturated heterocycles. The van der Waals surface area contributed by atoms with Crippen LogP contribution in [0.25, 0.3) is 0 Å². The number of nitrogens with one attached hydrogen (secondary N) is 1. The topological polar surface area (TPSA) is 58.6 Å². The van der Waals surface area contributed by atoms with Crippen LogP contribution in [0, 0.1) is 0 Å². The molecule has 5 nitrogen and oxygen atoms in total. The van der Waals surface area contributed by atoms with Gasteiger partial charge in [0.15, 0.2) is 0 Å². The zero-order valence-corrected chi connectivity index (χ0v) is 10.8. The van der Waals surface area contributed by atoms with Gasteiger partial charge in [-0.1, -0.05) is 0 Å². The van der Waals surface area contributed by atoms with Crippen LogP contribution in [-0.4, -0.2) is 50.6 Å². The molecule has 2 amide bonds. The molecule has 94 valence electrons. The first kappa shape index (κ1) is 13.7. The minimum absolute atomic E-state index is 0.0540. The molecule has 0 radical (unpaired) electrons. The number of rotatable bonds is 6. The van der Waals surface area contributed by atoms with Gasteiger partial charge in [-0.2, -0.15) is 11.3 Å². The lowest BCUT2D eigenvalue weighted by Crippen LogP contribution is -2.39. The second-order valence-corrected chi connectivity index (χ2v) is 4.30. The molecule has 1 aromatic rings. The standard InChI is InChI=1S/C11H16N2O3S/c1-13(7-10(14)12-4-5-16-2)11(15)9-3-6-17-8-9/h3,6,8H,4-5,7H2,1-2H3,(H,12,14). The van der Waals surface area contributed by atoms with Crippen LogP contribution in [0.15, 0.2) is 16.8 Å². The summed E-state index contributed by atoms with van der Waals surface area (Å²) in [6.07, 6.45) is 0. The first-order valence-electron chi connectivity index (χ1n) is 5.18. The number of methoxy groups -OCH3 is 1. The molecule has 0 aliphatic heterocycles. The monoisotopic (exact) mass is 256 g/mol. The Balaban J connectivity index is 2.36. The van der Waals surface area contributed by atoms with Crippen molar-refractivity contribution in [3.8, 4) is 0 Å². The summed E-state index contributed by atoms with van der Waals surface area (Å²) in [5.74, 6) is -0.332. The Hall–Kier alpha value is -1.40. The summed E-state index contributed by atoms with van der Waals surface area (Å²) in [5, 5.41) is 6.26. The summed E-state index contributed by atoms with van der Waals surface area (Å²) in [6, 6.07) is 1.74. The molecule has 0 aromatic carbocycles. The molecule has 1 N–H and O–H groups in total. The van der Waals surface area contributed by atoms with Crippen LogP contribution in [0.5, 0.6) is 0 Å². The van der Waals surface area contributed by atoms with Crippen molar-refractivity contribution < 1.29 is 14.3 Å². The third-order valence-electron chi connectivity index (χ3n) is 2.12. The number of hydrogen-bond donors (Lipinski definition) is 1. The molecule has 0 fully saturated rings. The maximum Gasteiger partial charge on any atom is 0.254 e. The van der Waals surface area contributed by atoms with Crippen LogP contribution in [0.3, 0.4) is 0 Å². The van der Waals surface area contributed by atoms with Gasteiger partial charge in [-0.15, -0.1) is 0 Å². The van der Waals surface area contributed by atoms with Crippen molar-refractivity contribution in [1.29, 1.82) is 0 Å². The maximum atomic E-state index is 11.8. The molecule has 0 saturated carbocycles. The van der Waals surface area contributed by atoms with Gasteiger partial charge in [0.05, 0.1) is 18.7 Å². The van der Waals surface area contributed by atoms with E-state index in [-0.39, 0.29) is 18.4 Å². The average Bonchev–Trinajstić information content (AvgIpc) is 2.81. The van der Waals surface area contributed by atoms with E-state index >= 15 is 0 Å². The van der Waals surface area contributed by atoms with Gasteiger partial charge in [0.1, 0.15) is 0 Å². The number of ether oxygens (including phenoxy) is 1. The molecule has 6 heteroatoms. The van der Waals surface area contributed by atoms with Gasteiger partial charge in [0, 0.05) is 26.1 Å². The first-order chi connectivity index (χ1) is 8.15. The van der Waals surface area contributed by atoms with E-state index in [0.29, 0.717) is 18.7 Å². The molecule has 17 heavy (non-hydrogen) atoms. The molecule has 1 aromatic heterocycles. The van der Waals surface area contributed by atoms with Crippen LogP contribution >= 0.6 is 11.3 Å². The third-order valence-corrected chi connectivity index (χ3v) is 2.81. The highest BCUT2D eigenvalue weighted by Gasteiger charge is 2.14. The highest BCUT2D eigenvalue weighted by molar-refractivity contribution is 7.08. The van der Waals surface area contributed by atoms with E-state index < -0.39 is 0 Å². The lowest BCUT2D eigenvalue weighted by Gasteiger charge is -2.15. The van der Waals surface area contributed by atoms with E-state index in [4.69, 9.17) is 4.74 Å². The predicted molar refractivity (Wildman–Crippen MR) is 66.2 cm³/mol. The summed E-state index contributed by atoms with van der Waals surface area (Å²) < 4.78 is 4.81. The lowest BCUT2D eigenvalue weighted by atomic mass is 10.3. The fourth-order valence-electron chi connectivity index (χ4n) is 1.24. The van der Waals surface area contributed by atoms with Crippen molar-refractivity contribution >= 4 is 23.2 Å². The fourth-order valence-corrected chi connectivity index (χ4v) is 1.87. The van der Waals surface area contributed by atoms with Crippen LogP contribution < -0.4 is 5.32 Å². The van der Waals surface area contributed by atoms with Gasteiger partial charge in [-0.3, -0.25) is 9.59 Å². The summed E-state index contributed by atoms with van der Waals surface area (Å²) >= 11 is 1.46. The smallest absolute Gasteiger partial charge is 0.254 e. The zero-order chi connectivity index (χ0) is 12.7. The molecule has 0 aliphatic rings. The van der Waals surface area contributed by atoms with E-state index in [9.17, 15) is 9.59 Å². The van der Waals surface area contributed by atoms with Gasteiger partial charge >= 0.3 is 0 Å². The summed E-state index contributed by atoms with van der Waals surface area (Å²) in [6.45, 7) is 0.974. The summed E-state index contributed by atoms with van der Waals surface area (Å²) in [4.78, 5) is 24.6. The number of nitrogens with zero attached hydrogens (tertiary/aromatic N) is 1. The Morgan fingerprint density at radius 3 is 2.88 bits per heavy atom. The van der Waals surface area contributed by atoms with Crippen molar-refractivity contribution in [1.82, 2.24) is 10.2 Å². The zero-order valence-electron chi connectivity index (χ0n) is 9.93. The van der Waals surface area contributed by atoms with Crippen LogP contribution in [0.1, 0.15) is 10.4 Å². The number of amides is 2. The fraction of sp³-hybridized carbons (Fsp3) is 0.455. The normalized spacial score (nSPS) is 10.0. The molecule has 0 aliphatic carbocycles. The average molecular weight is 256 g/mol. The molecule has 0 atom stereocenters.